The van der Waals surface area contributed by atoms with Crippen LogP contribution in [0.25, 0.3) is 10.9 Å². The lowest BCUT2D eigenvalue weighted by Gasteiger charge is -2.10. The fraction of sp³-hybridized carbons (Fsp3) is 0.529. The highest BCUT2D eigenvalue weighted by Crippen LogP contribution is 2.21. The molecule has 0 saturated heterocycles. The van der Waals surface area contributed by atoms with Crippen LogP contribution in [0.4, 0.5) is 0 Å². The van der Waals surface area contributed by atoms with Gasteiger partial charge in [0, 0.05) is 25.9 Å². The highest BCUT2D eigenvalue weighted by molar-refractivity contribution is 5.83. The number of hydrogen-bond donors (Lipinski definition) is 2. The van der Waals surface area contributed by atoms with E-state index in [4.69, 9.17) is 5.11 Å². The van der Waals surface area contributed by atoms with Crippen LogP contribution in [-0.4, -0.2) is 22.8 Å². The molecule has 0 aliphatic carbocycles. The molecule has 1 aromatic carbocycles. The van der Waals surface area contributed by atoms with E-state index in [0.29, 0.717) is 6.61 Å². The molecule has 1 aromatic heterocycles. The molecule has 0 unspecified atom stereocenters. The summed E-state index contributed by atoms with van der Waals surface area (Å²) in [4.78, 5) is 0. The maximum atomic E-state index is 8.80. The second-order valence-electron chi connectivity index (χ2n) is 5.28. The van der Waals surface area contributed by atoms with E-state index in [0.717, 1.165) is 32.5 Å². The lowest BCUT2D eigenvalue weighted by molar-refractivity contribution is 0.282. The van der Waals surface area contributed by atoms with E-state index < -0.39 is 0 Å². The molecule has 1 heterocycles. The lowest BCUT2D eigenvalue weighted by atomic mass is 10.1. The topological polar surface area (TPSA) is 37.2 Å². The van der Waals surface area contributed by atoms with Crippen molar-refractivity contribution in [3.63, 3.8) is 0 Å². The number of aryl methyl sites for hydroxylation is 1. The Hall–Kier alpha value is -1.32. The molecule has 2 aromatic rings. The maximum Gasteiger partial charge on any atom is 0.0525 e. The Labute approximate surface area is 121 Å². The third-order valence-corrected chi connectivity index (χ3v) is 3.74. The number of aromatic nitrogens is 1. The second-order valence-corrected chi connectivity index (χ2v) is 5.28. The van der Waals surface area contributed by atoms with Crippen molar-refractivity contribution in [2.24, 2.45) is 0 Å². The zero-order chi connectivity index (χ0) is 14.2. The van der Waals surface area contributed by atoms with E-state index in [1.54, 1.807) is 0 Å². The number of para-hydroxylation sites is 1. The number of rotatable bonds is 9. The minimum atomic E-state index is 0.319. The Morgan fingerprint density at radius 2 is 1.95 bits per heavy atom. The van der Waals surface area contributed by atoms with Crippen LogP contribution >= 0.6 is 0 Å². The Kier molecular flexibility index (Phi) is 6.09. The van der Waals surface area contributed by atoms with E-state index in [2.05, 4.69) is 47.3 Å². The van der Waals surface area contributed by atoms with Crippen molar-refractivity contribution in [1.82, 2.24) is 9.88 Å². The SMILES string of the molecule is CCNCc1cccc2ccn(CCCCCCO)c12. The summed E-state index contributed by atoms with van der Waals surface area (Å²) < 4.78 is 2.38. The van der Waals surface area contributed by atoms with Crippen LogP contribution in [0.2, 0.25) is 0 Å². The van der Waals surface area contributed by atoms with Gasteiger partial charge in [0.25, 0.3) is 0 Å². The smallest absolute Gasteiger partial charge is 0.0525 e. The second kappa shape index (κ2) is 8.08. The lowest BCUT2D eigenvalue weighted by Crippen LogP contribution is -2.12. The molecule has 0 aliphatic rings. The van der Waals surface area contributed by atoms with Gasteiger partial charge in [-0.1, -0.05) is 38.0 Å². The van der Waals surface area contributed by atoms with Crippen LogP contribution in [0.15, 0.2) is 30.5 Å². The Balaban J connectivity index is 2.04. The van der Waals surface area contributed by atoms with Gasteiger partial charge in [-0.15, -0.1) is 0 Å². The number of hydrogen-bond acceptors (Lipinski definition) is 2. The molecular weight excluding hydrogens is 248 g/mol. The van der Waals surface area contributed by atoms with Crippen LogP contribution < -0.4 is 5.32 Å². The van der Waals surface area contributed by atoms with Crippen LogP contribution in [0.3, 0.4) is 0 Å². The first-order chi connectivity index (χ1) is 9.86. The standard InChI is InChI=1S/C17H26N2O/c1-2-18-14-16-9-7-8-15-10-12-19(17(15)16)11-5-3-4-6-13-20/h7-10,12,18,20H,2-6,11,13-14H2,1H3. The molecule has 0 saturated carbocycles. The first-order valence-electron chi connectivity index (χ1n) is 7.75. The predicted molar refractivity (Wildman–Crippen MR) is 84.9 cm³/mol. The molecule has 3 heteroatoms. The number of nitrogens with zero attached hydrogens (tertiary/aromatic N) is 1. The molecule has 0 bridgehead atoms. The monoisotopic (exact) mass is 274 g/mol. The Morgan fingerprint density at radius 3 is 2.75 bits per heavy atom. The minimum absolute atomic E-state index is 0.319. The molecular formula is C17H26N2O. The van der Waals surface area contributed by atoms with Crippen molar-refractivity contribution in [3.05, 3.63) is 36.0 Å². The van der Waals surface area contributed by atoms with Crippen molar-refractivity contribution in [2.75, 3.05) is 13.2 Å². The predicted octanol–water partition coefficient (Wildman–Crippen LogP) is 3.30. The van der Waals surface area contributed by atoms with Gasteiger partial charge in [-0.2, -0.15) is 0 Å². The van der Waals surface area contributed by atoms with Crippen molar-refractivity contribution in [1.29, 1.82) is 0 Å². The van der Waals surface area contributed by atoms with E-state index in [1.807, 2.05) is 0 Å². The third kappa shape index (κ3) is 3.84. The normalized spacial score (nSPS) is 11.3. The van der Waals surface area contributed by atoms with Gasteiger partial charge in [0.05, 0.1) is 5.52 Å². The molecule has 0 fully saturated rings. The summed E-state index contributed by atoms with van der Waals surface area (Å²) in [6.07, 6.45) is 6.62. The fourth-order valence-corrected chi connectivity index (χ4v) is 2.68. The van der Waals surface area contributed by atoms with Crippen LogP contribution in [0.5, 0.6) is 0 Å². The molecule has 0 radical (unpaired) electrons. The summed E-state index contributed by atoms with van der Waals surface area (Å²) in [5.74, 6) is 0. The summed E-state index contributed by atoms with van der Waals surface area (Å²) in [7, 11) is 0. The van der Waals surface area contributed by atoms with Crippen LogP contribution in [-0.2, 0) is 13.1 Å². The quantitative estimate of drug-likeness (QED) is 0.688. The maximum absolute atomic E-state index is 8.80. The van der Waals surface area contributed by atoms with E-state index in [1.165, 1.54) is 29.3 Å². The first-order valence-corrected chi connectivity index (χ1v) is 7.75. The number of nitrogens with one attached hydrogen (secondary N) is 1. The van der Waals surface area contributed by atoms with E-state index in [9.17, 15) is 0 Å². The third-order valence-electron chi connectivity index (χ3n) is 3.74. The molecule has 0 amide bonds. The summed E-state index contributed by atoms with van der Waals surface area (Å²) in [6, 6.07) is 8.75. The molecule has 0 atom stereocenters. The van der Waals surface area contributed by atoms with Gasteiger partial charge in [0.2, 0.25) is 0 Å². The summed E-state index contributed by atoms with van der Waals surface area (Å²) in [6.45, 7) is 5.46. The van der Waals surface area contributed by atoms with Gasteiger partial charge in [0.1, 0.15) is 0 Å². The van der Waals surface area contributed by atoms with Gasteiger partial charge >= 0.3 is 0 Å². The van der Waals surface area contributed by atoms with Gasteiger partial charge in [-0.05, 0) is 36.4 Å². The van der Waals surface area contributed by atoms with Crippen LogP contribution in [0, 0.1) is 0 Å². The summed E-state index contributed by atoms with van der Waals surface area (Å²) >= 11 is 0. The fourth-order valence-electron chi connectivity index (χ4n) is 2.68. The highest BCUT2D eigenvalue weighted by Gasteiger charge is 2.06. The average Bonchev–Trinajstić information content (AvgIpc) is 2.89. The number of benzene rings is 1. The Bertz CT molecular complexity index is 519. The van der Waals surface area contributed by atoms with Gasteiger partial charge in [-0.3, -0.25) is 0 Å². The molecule has 2 N–H and O–H groups in total. The molecule has 0 aliphatic heterocycles. The number of unbranched alkanes of at least 4 members (excludes halogenated alkanes) is 3. The van der Waals surface area contributed by atoms with Gasteiger partial charge in [0.15, 0.2) is 0 Å². The van der Waals surface area contributed by atoms with Gasteiger partial charge < -0.3 is 15.0 Å². The van der Waals surface area contributed by atoms with Crippen molar-refractivity contribution in [3.8, 4) is 0 Å². The molecule has 2 rings (SSSR count). The van der Waals surface area contributed by atoms with Crippen LogP contribution in [0.1, 0.15) is 38.2 Å². The summed E-state index contributed by atoms with van der Waals surface area (Å²) in [5, 5.41) is 13.5. The average molecular weight is 274 g/mol. The largest absolute Gasteiger partial charge is 0.396 e. The highest BCUT2D eigenvalue weighted by atomic mass is 16.2. The Morgan fingerprint density at radius 1 is 1.10 bits per heavy atom. The number of aliphatic hydroxyl groups excluding tert-OH is 1. The van der Waals surface area contributed by atoms with E-state index >= 15 is 0 Å². The number of fused-ring (bicyclic) bond motifs is 1. The molecule has 20 heavy (non-hydrogen) atoms. The number of aliphatic hydroxyl groups is 1. The first kappa shape index (κ1) is 15.1. The zero-order valence-electron chi connectivity index (χ0n) is 12.4. The van der Waals surface area contributed by atoms with Crippen molar-refractivity contribution in [2.45, 2.75) is 45.7 Å². The van der Waals surface area contributed by atoms with Crippen molar-refractivity contribution >= 4 is 10.9 Å². The zero-order valence-corrected chi connectivity index (χ0v) is 12.4. The molecule has 110 valence electrons. The molecule has 3 nitrogen and oxygen atoms in total. The van der Waals surface area contributed by atoms with Gasteiger partial charge in [-0.25, -0.2) is 0 Å². The molecule has 0 spiro atoms. The van der Waals surface area contributed by atoms with E-state index in [-0.39, 0.29) is 0 Å². The summed E-state index contributed by atoms with van der Waals surface area (Å²) in [5.41, 5.74) is 2.75. The minimum Gasteiger partial charge on any atom is -0.396 e. The van der Waals surface area contributed by atoms with Crippen molar-refractivity contribution < 1.29 is 5.11 Å².